The molecule has 1 aromatic heterocycles. The van der Waals surface area contributed by atoms with Gasteiger partial charge >= 0.3 is 0 Å². The molecule has 0 radical (unpaired) electrons. The van der Waals surface area contributed by atoms with Gasteiger partial charge in [-0.15, -0.1) is 0 Å². The van der Waals surface area contributed by atoms with Crippen molar-refractivity contribution in [1.29, 1.82) is 0 Å². The van der Waals surface area contributed by atoms with Crippen LogP contribution in [0.15, 0.2) is 46.9 Å². The summed E-state index contributed by atoms with van der Waals surface area (Å²) in [6, 6.07) is 10.1. The highest BCUT2D eigenvalue weighted by atomic mass is 16.5. The lowest BCUT2D eigenvalue weighted by molar-refractivity contribution is -0.125. The number of aryl methyl sites for hydroxylation is 1. The van der Waals surface area contributed by atoms with Crippen LogP contribution in [0.3, 0.4) is 0 Å². The van der Waals surface area contributed by atoms with Crippen molar-refractivity contribution in [3.8, 4) is 5.69 Å². The van der Waals surface area contributed by atoms with Crippen LogP contribution in [0, 0.1) is 0 Å². The highest BCUT2D eigenvalue weighted by Crippen LogP contribution is 2.27. The number of aromatic nitrogens is 1. The van der Waals surface area contributed by atoms with Gasteiger partial charge in [-0.2, -0.15) is 0 Å². The second-order valence-corrected chi connectivity index (χ2v) is 7.16. The molecule has 0 bridgehead atoms. The van der Waals surface area contributed by atoms with Crippen LogP contribution in [-0.2, 0) is 11.2 Å². The second kappa shape index (κ2) is 7.50. The fourth-order valence-corrected chi connectivity index (χ4v) is 4.02. The van der Waals surface area contributed by atoms with E-state index in [1.165, 1.54) is 5.56 Å². The molecule has 140 valence electrons. The number of hydrogen-bond donors (Lipinski definition) is 3. The van der Waals surface area contributed by atoms with Crippen LogP contribution in [0.25, 0.3) is 11.8 Å². The molecule has 1 aliphatic carbocycles. The number of rotatable bonds is 3. The number of carbonyl (C=O) groups excluding carboxylic acids is 1. The van der Waals surface area contributed by atoms with E-state index in [9.17, 15) is 9.59 Å². The van der Waals surface area contributed by atoms with E-state index >= 15 is 0 Å². The van der Waals surface area contributed by atoms with Crippen molar-refractivity contribution in [3.63, 3.8) is 0 Å². The van der Waals surface area contributed by atoms with E-state index in [1.54, 1.807) is 16.1 Å². The second-order valence-electron chi connectivity index (χ2n) is 7.16. The van der Waals surface area contributed by atoms with Gasteiger partial charge in [-0.05, 0) is 80.1 Å². The highest BCUT2D eigenvalue weighted by Gasteiger charge is 2.20. The molecule has 1 saturated heterocycles. The van der Waals surface area contributed by atoms with E-state index in [-0.39, 0.29) is 5.56 Å². The van der Waals surface area contributed by atoms with Gasteiger partial charge in [-0.3, -0.25) is 19.4 Å². The Morgan fingerprint density at radius 1 is 1.19 bits per heavy atom. The summed E-state index contributed by atoms with van der Waals surface area (Å²) in [5.74, 6) is -0.0392. The van der Waals surface area contributed by atoms with Crippen LogP contribution in [0.2, 0.25) is 0 Å². The molecule has 1 fully saturated rings. The van der Waals surface area contributed by atoms with Gasteiger partial charge in [-0.25, -0.2) is 5.48 Å². The van der Waals surface area contributed by atoms with Gasteiger partial charge in [0, 0.05) is 23.0 Å². The summed E-state index contributed by atoms with van der Waals surface area (Å²) in [7, 11) is 0. The largest absolute Gasteiger partial charge is 0.317 e. The number of pyridine rings is 1. The molecule has 6 heteroatoms. The number of hydroxylamine groups is 1. The molecule has 2 heterocycles. The molecule has 6 nitrogen and oxygen atoms in total. The van der Waals surface area contributed by atoms with Crippen LogP contribution < -0.4 is 16.4 Å². The van der Waals surface area contributed by atoms with Crippen molar-refractivity contribution in [3.05, 3.63) is 69.1 Å². The molecule has 0 saturated carbocycles. The molecular formula is C21H23N3O3. The zero-order valence-corrected chi connectivity index (χ0v) is 15.1. The van der Waals surface area contributed by atoms with Gasteiger partial charge in [0.2, 0.25) is 0 Å². The minimum absolute atomic E-state index is 0.141. The maximum atomic E-state index is 13.1. The van der Waals surface area contributed by atoms with Crippen molar-refractivity contribution < 1.29 is 10.0 Å². The van der Waals surface area contributed by atoms with Crippen LogP contribution in [0.5, 0.6) is 0 Å². The molecule has 1 amide bonds. The lowest BCUT2D eigenvalue weighted by atomic mass is 9.90. The Morgan fingerprint density at radius 2 is 2.00 bits per heavy atom. The van der Waals surface area contributed by atoms with Gasteiger partial charge < -0.3 is 5.32 Å². The number of hydrogen-bond acceptors (Lipinski definition) is 4. The summed E-state index contributed by atoms with van der Waals surface area (Å²) in [6.45, 7) is 2.04. The van der Waals surface area contributed by atoms with Crippen molar-refractivity contribution in [2.45, 2.75) is 31.6 Å². The predicted octanol–water partition coefficient (Wildman–Crippen LogP) is 2.14. The minimum atomic E-state index is -0.552. The van der Waals surface area contributed by atoms with Crippen LogP contribution in [0.4, 0.5) is 0 Å². The number of carbonyl (C=O) groups is 1. The van der Waals surface area contributed by atoms with Gasteiger partial charge in [0.05, 0.1) is 0 Å². The van der Waals surface area contributed by atoms with Crippen molar-refractivity contribution >= 4 is 12.0 Å². The Morgan fingerprint density at radius 3 is 2.78 bits per heavy atom. The molecule has 2 aliphatic rings. The number of nitrogens with one attached hydrogen (secondary N) is 2. The third-order valence-corrected chi connectivity index (χ3v) is 5.55. The van der Waals surface area contributed by atoms with E-state index in [4.69, 9.17) is 5.21 Å². The first-order valence-corrected chi connectivity index (χ1v) is 9.38. The van der Waals surface area contributed by atoms with Gasteiger partial charge in [0.15, 0.2) is 0 Å². The topological polar surface area (TPSA) is 83.4 Å². The van der Waals surface area contributed by atoms with Crippen molar-refractivity contribution in [1.82, 2.24) is 15.4 Å². The molecule has 2 aromatic rings. The van der Waals surface area contributed by atoms with Gasteiger partial charge in [0.25, 0.3) is 11.5 Å². The van der Waals surface area contributed by atoms with Crippen LogP contribution in [-0.4, -0.2) is 28.8 Å². The monoisotopic (exact) mass is 365 g/mol. The SMILES string of the molecule is O=C(NO)C1=Cc2c(ccn(-c3cccc(C4CCNCC4)c3)c2=O)CC1. The summed E-state index contributed by atoms with van der Waals surface area (Å²) in [5.41, 5.74) is 5.48. The molecule has 0 unspecified atom stereocenters. The standard InChI is InChI=1S/C21H23N3O3/c25-20(23-27)17-5-4-15-8-11-24(21(26)19(15)13-17)18-3-1-2-16(12-18)14-6-9-22-10-7-14/h1-3,8,11-14,22,27H,4-7,9-10H2,(H,23,25). The summed E-state index contributed by atoms with van der Waals surface area (Å²) in [5, 5.41) is 12.2. The zero-order chi connectivity index (χ0) is 18.8. The molecule has 0 spiro atoms. The fourth-order valence-electron chi connectivity index (χ4n) is 4.02. The molecule has 0 atom stereocenters. The van der Waals surface area contributed by atoms with E-state index in [0.29, 0.717) is 29.9 Å². The molecule has 27 heavy (non-hydrogen) atoms. The predicted molar refractivity (Wildman–Crippen MR) is 103 cm³/mol. The maximum absolute atomic E-state index is 13.1. The summed E-state index contributed by atoms with van der Waals surface area (Å²) < 4.78 is 1.64. The molecular weight excluding hydrogens is 342 g/mol. The Kier molecular flexibility index (Phi) is 4.92. The van der Waals surface area contributed by atoms with Gasteiger partial charge in [-0.1, -0.05) is 12.1 Å². The minimum Gasteiger partial charge on any atom is -0.317 e. The quantitative estimate of drug-likeness (QED) is 0.575. The van der Waals surface area contributed by atoms with Crippen LogP contribution in [0.1, 0.15) is 41.9 Å². The van der Waals surface area contributed by atoms with Crippen LogP contribution >= 0.6 is 0 Å². The maximum Gasteiger partial charge on any atom is 0.270 e. The van der Waals surface area contributed by atoms with Crippen molar-refractivity contribution in [2.24, 2.45) is 0 Å². The summed E-state index contributed by atoms with van der Waals surface area (Å²) >= 11 is 0. The number of amides is 1. The van der Waals surface area contributed by atoms with Gasteiger partial charge in [0.1, 0.15) is 0 Å². The lowest BCUT2D eigenvalue weighted by Gasteiger charge is -2.23. The third kappa shape index (κ3) is 3.46. The fraction of sp³-hybridized carbons (Fsp3) is 0.333. The Hall–Kier alpha value is -2.70. The van der Waals surface area contributed by atoms with Crippen molar-refractivity contribution in [2.75, 3.05) is 13.1 Å². The molecule has 4 rings (SSSR count). The number of fused-ring (bicyclic) bond motifs is 1. The Balaban J connectivity index is 1.73. The zero-order valence-electron chi connectivity index (χ0n) is 15.1. The average molecular weight is 365 g/mol. The van der Waals surface area contributed by atoms with E-state index in [0.717, 1.165) is 37.2 Å². The van der Waals surface area contributed by atoms with E-state index in [2.05, 4.69) is 17.4 Å². The number of piperidine rings is 1. The molecule has 1 aromatic carbocycles. The first-order chi connectivity index (χ1) is 13.2. The Bertz CT molecular complexity index is 955. The molecule has 1 aliphatic heterocycles. The van der Waals surface area contributed by atoms with E-state index in [1.807, 2.05) is 24.4 Å². The third-order valence-electron chi connectivity index (χ3n) is 5.55. The highest BCUT2D eigenvalue weighted by molar-refractivity contribution is 5.97. The summed E-state index contributed by atoms with van der Waals surface area (Å²) in [6.07, 6.45) is 6.73. The number of nitrogens with zero attached hydrogens (tertiary/aromatic N) is 1. The Labute approximate surface area is 157 Å². The average Bonchev–Trinajstić information content (AvgIpc) is 2.74. The number of benzene rings is 1. The van der Waals surface area contributed by atoms with E-state index < -0.39 is 5.91 Å². The molecule has 3 N–H and O–H groups in total. The first kappa shape index (κ1) is 17.7. The lowest BCUT2D eigenvalue weighted by Crippen LogP contribution is -2.27. The summed E-state index contributed by atoms with van der Waals surface area (Å²) in [4.78, 5) is 24.8. The smallest absolute Gasteiger partial charge is 0.270 e. The normalized spacial score (nSPS) is 17.1. The first-order valence-electron chi connectivity index (χ1n) is 9.38.